The van der Waals surface area contributed by atoms with E-state index in [4.69, 9.17) is 50.0 Å². The average Bonchev–Trinajstić information content (AvgIpc) is 2.71. The van der Waals surface area contributed by atoms with Gasteiger partial charge in [0.1, 0.15) is 48.8 Å². The molecular formula is C12H22CaO20S2. The summed E-state index contributed by atoms with van der Waals surface area (Å²) in [6.45, 7) is -2.28. The van der Waals surface area contributed by atoms with Gasteiger partial charge < -0.3 is 60.7 Å². The van der Waals surface area contributed by atoms with E-state index in [1.54, 1.807) is 0 Å². The third kappa shape index (κ3) is 17.7. The van der Waals surface area contributed by atoms with E-state index < -0.39 is 94.8 Å². The molecule has 0 aliphatic heterocycles. The van der Waals surface area contributed by atoms with Crippen LogP contribution in [0.5, 0.6) is 0 Å². The Labute approximate surface area is 226 Å². The summed E-state index contributed by atoms with van der Waals surface area (Å²) in [5.41, 5.74) is 0. The molecule has 0 aromatic heterocycles. The number of hydrogen-bond donors (Lipinski definition) is 10. The van der Waals surface area contributed by atoms with Gasteiger partial charge in [0.2, 0.25) is 0 Å². The molecule has 0 aromatic carbocycles. The van der Waals surface area contributed by atoms with Crippen LogP contribution in [0.1, 0.15) is 0 Å². The van der Waals surface area contributed by atoms with Crippen LogP contribution in [0.3, 0.4) is 0 Å². The third-order valence-electron chi connectivity index (χ3n) is 3.39. The number of carboxylic acid groups (broad SMARTS) is 2. The predicted octanol–water partition coefficient (Wildman–Crippen LogP) is -10.4. The van der Waals surface area contributed by atoms with E-state index in [1.807, 2.05) is 0 Å². The van der Waals surface area contributed by atoms with Gasteiger partial charge in [-0.05, 0) is 0 Å². The second-order valence-corrected chi connectivity index (χ2v) is 8.23. The molecule has 10 N–H and O–H groups in total. The minimum Gasteiger partial charge on any atom is -0.547 e. The van der Waals surface area contributed by atoms with Gasteiger partial charge in [-0.2, -0.15) is 16.8 Å². The minimum atomic E-state index is -4.86. The van der Waals surface area contributed by atoms with Crippen molar-refractivity contribution in [2.45, 2.75) is 48.8 Å². The molecule has 0 amide bonds. The van der Waals surface area contributed by atoms with Crippen LogP contribution < -0.4 is 10.2 Å². The number of carboxylic acids is 2. The topological polar surface area (TPSA) is 369 Å². The summed E-state index contributed by atoms with van der Waals surface area (Å²) in [7, 11) is -9.72. The second kappa shape index (κ2) is 17.2. The Hall–Kier alpha value is -0.380. The first-order chi connectivity index (χ1) is 15.1. The van der Waals surface area contributed by atoms with Crippen molar-refractivity contribution in [3.63, 3.8) is 0 Å². The number of hydrogen-bond acceptors (Lipinski definition) is 18. The molecule has 0 radical (unpaired) electrons. The summed E-state index contributed by atoms with van der Waals surface area (Å²) in [5, 5.41) is 92.0. The number of aliphatic hydroxyl groups is 8. The summed E-state index contributed by atoms with van der Waals surface area (Å²) in [6, 6.07) is 0. The van der Waals surface area contributed by atoms with E-state index in [0.717, 1.165) is 0 Å². The maximum atomic E-state index is 10.1. The fourth-order valence-electron chi connectivity index (χ4n) is 1.62. The minimum absolute atomic E-state index is 0. The standard InChI is InChI=1S/2C6H12O10S.Ca/c2*7-2(1-16-17(13,14)15)3(8)4(9)5(10)6(11)12;/h2*2-5,7-10H,1H2,(H,11,12)(H,13,14,15);/q;;+2/p-2. The smallest absolute Gasteiger partial charge is 0.547 e. The van der Waals surface area contributed by atoms with Crippen LogP contribution in [-0.2, 0) is 38.8 Å². The molecule has 20 nitrogen and oxygen atoms in total. The Kier molecular flexibility index (Phi) is 19.2. The van der Waals surface area contributed by atoms with Crippen LogP contribution in [-0.4, -0.2) is 179 Å². The first-order valence-corrected chi connectivity index (χ1v) is 10.9. The molecule has 0 bridgehead atoms. The van der Waals surface area contributed by atoms with Gasteiger partial charge in [-0.25, -0.2) is 8.37 Å². The number of carbonyl (C=O) groups is 2. The quantitative estimate of drug-likeness (QED) is 0.0662. The third-order valence-corrected chi connectivity index (χ3v) is 4.26. The summed E-state index contributed by atoms with van der Waals surface area (Å²) >= 11 is 0. The molecule has 0 aromatic rings. The molecule has 0 saturated heterocycles. The molecule has 0 saturated carbocycles. The first-order valence-electron chi connectivity index (χ1n) is 8.22. The van der Waals surface area contributed by atoms with E-state index >= 15 is 0 Å². The van der Waals surface area contributed by atoms with Crippen LogP contribution in [0, 0.1) is 0 Å². The van der Waals surface area contributed by atoms with Crippen LogP contribution in [0.25, 0.3) is 0 Å². The molecule has 8 atom stereocenters. The van der Waals surface area contributed by atoms with Crippen molar-refractivity contribution in [3.05, 3.63) is 0 Å². The van der Waals surface area contributed by atoms with Crippen molar-refractivity contribution in [1.82, 2.24) is 0 Å². The van der Waals surface area contributed by atoms with E-state index in [0.29, 0.717) is 0 Å². The van der Waals surface area contributed by atoms with Crippen molar-refractivity contribution in [2.75, 3.05) is 13.2 Å². The SMILES string of the molecule is O=C([O-])C(O)C(O)C(O)C(O)COS(=O)(=O)O.O=C([O-])C(O)C(O)C(O)C(O)COS(=O)(=O)O.[Ca+2]. The number of rotatable bonds is 14. The van der Waals surface area contributed by atoms with Crippen molar-refractivity contribution >= 4 is 70.5 Å². The Morgan fingerprint density at radius 2 is 0.829 bits per heavy atom. The molecular weight excluding hydrogens is 568 g/mol. The number of aliphatic carboxylic acids is 2. The summed E-state index contributed by atoms with van der Waals surface area (Å²) < 4.78 is 64.0. The molecule has 8 unspecified atom stereocenters. The molecule has 0 heterocycles. The Morgan fingerprint density at radius 3 is 1.00 bits per heavy atom. The molecule has 23 heteroatoms. The molecule has 0 rings (SSSR count). The van der Waals surface area contributed by atoms with Gasteiger partial charge in [0.25, 0.3) is 0 Å². The van der Waals surface area contributed by atoms with Crippen molar-refractivity contribution in [1.29, 1.82) is 0 Å². The summed E-state index contributed by atoms with van der Waals surface area (Å²) in [6.07, 6.45) is -18.1. The van der Waals surface area contributed by atoms with Gasteiger partial charge in [0, 0.05) is 0 Å². The van der Waals surface area contributed by atoms with Crippen molar-refractivity contribution in [3.8, 4) is 0 Å². The summed E-state index contributed by atoms with van der Waals surface area (Å²) in [5.74, 6) is -4.20. The fraction of sp³-hybridized carbons (Fsp3) is 0.833. The molecule has 35 heavy (non-hydrogen) atoms. The van der Waals surface area contributed by atoms with Crippen molar-refractivity contribution < 1.29 is 95.0 Å². The van der Waals surface area contributed by atoms with Crippen molar-refractivity contribution in [2.24, 2.45) is 0 Å². The monoisotopic (exact) mass is 590 g/mol. The molecule has 0 spiro atoms. The zero-order chi connectivity index (χ0) is 27.6. The van der Waals surface area contributed by atoms with Crippen LogP contribution in [0.4, 0.5) is 0 Å². The van der Waals surface area contributed by atoms with Gasteiger partial charge in [0.05, 0.1) is 25.2 Å². The molecule has 204 valence electrons. The van der Waals surface area contributed by atoms with E-state index in [1.165, 1.54) is 0 Å². The molecule has 0 aliphatic rings. The van der Waals surface area contributed by atoms with Crippen LogP contribution in [0.2, 0.25) is 0 Å². The molecule has 0 aliphatic carbocycles. The largest absolute Gasteiger partial charge is 2.00 e. The zero-order valence-electron chi connectivity index (χ0n) is 17.1. The zero-order valence-corrected chi connectivity index (χ0v) is 21.0. The average molecular weight is 591 g/mol. The normalized spacial score (nSPS) is 18.8. The van der Waals surface area contributed by atoms with Crippen LogP contribution in [0.15, 0.2) is 0 Å². The van der Waals surface area contributed by atoms with Gasteiger partial charge in [0.15, 0.2) is 0 Å². The Bertz CT molecular complexity index is 776. The molecule has 0 fully saturated rings. The maximum absolute atomic E-state index is 10.1. The predicted molar refractivity (Wildman–Crippen MR) is 98.8 cm³/mol. The first kappa shape index (κ1) is 39.1. The van der Waals surface area contributed by atoms with Gasteiger partial charge in [-0.15, -0.1) is 0 Å². The maximum Gasteiger partial charge on any atom is 2.00 e. The van der Waals surface area contributed by atoms with Gasteiger partial charge in [-0.3, -0.25) is 9.11 Å². The van der Waals surface area contributed by atoms with E-state index in [9.17, 15) is 36.6 Å². The second-order valence-electron chi connectivity index (χ2n) is 6.05. The Balaban J connectivity index is -0.000000569. The summed E-state index contributed by atoms with van der Waals surface area (Å²) in [4.78, 5) is 20.2. The van der Waals surface area contributed by atoms with E-state index in [-0.39, 0.29) is 37.7 Å². The van der Waals surface area contributed by atoms with Gasteiger partial charge in [-0.1, -0.05) is 0 Å². The van der Waals surface area contributed by atoms with Gasteiger partial charge >= 0.3 is 58.5 Å². The number of aliphatic hydroxyl groups excluding tert-OH is 8. The van der Waals surface area contributed by atoms with E-state index in [2.05, 4.69) is 8.37 Å². The van der Waals surface area contributed by atoms with Crippen LogP contribution >= 0.6 is 0 Å². The Morgan fingerprint density at radius 1 is 0.600 bits per heavy atom. The number of carbonyl (C=O) groups excluding carboxylic acids is 2. The fourth-order valence-corrected chi connectivity index (χ4v) is 2.24.